The molecule has 1 N–H and O–H groups in total. The molecular weight excluding hydrogens is 634 g/mol. The van der Waals surface area contributed by atoms with Gasteiger partial charge in [-0.1, -0.05) is 6.07 Å². The number of hydrogen-bond acceptors (Lipinski definition) is 8. The average molecular weight is 673 g/mol. The number of likely N-dealkylation sites (N-methyl/N-ethyl adjacent to an activating group) is 1. The van der Waals surface area contributed by atoms with Gasteiger partial charge in [0.2, 0.25) is 0 Å². The summed E-state index contributed by atoms with van der Waals surface area (Å²) in [6, 6.07) is 7.79. The fourth-order valence-electron chi connectivity index (χ4n) is 7.30. The van der Waals surface area contributed by atoms with Crippen LogP contribution in [0.5, 0.6) is 0 Å². The minimum atomic E-state index is -1.13. The maximum Gasteiger partial charge on any atom is 0.414 e. The molecule has 1 amide bonds. The van der Waals surface area contributed by atoms with Crippen LogP contribution in [-0.4, -0.2) is 83.3 Å². The van der Waals surface area contributed by atoms with Crippen molar-refractivity contribution >= 4 is 50.9 Å². The smallest absolute Gasteiger partial charge is 0.414 e. The lowest BCUT2D eigenvalue weighted by molar-refractivity contribution is 0.0522. The van der Waals surface area contributed by atoms with Crippen LogP contribution < -0.4 is 15.4 Å². The van der Waals surface area contributed by atoms with Gasteiger partial charge in [0.1, 0.15) is 16.8 Å². The largest absolute Gasteiger partial charge is 0.462 e. The topological polar surface area (TPSA) is 112 Å². The van der Waals surface area contributed by atoms with Crippen molar-refractivity contribution in [3.05, 3.63) is 70.3 Å². The second-order valence-corrected chi connectivity index (χ2v) is 13.9. The Kier molecular flexibility index (Phi) is 7.85. The number of nitrogens with zero attached hydrogens (tertiary/aromatic N) is 5. The Morgan fingerprint density at radius 2 is 1.88 bits per heavy atom. The fourth-order valence-corrected chi connectivity index (χ4v) is 7.30. The molecule has 0 saturated carbocycles. The van der Waals surface area contributed by atoms with Gasteiger partial charge < -0.3 is 24.3 Å². The van der Waals surface area contributed by atoms with E-state index in [-0.39, 0.29) is 34.8 Å². The Bertz CT molecular complexity index is 2220. The molecule has 0 radical (unpaired) electrons. The second kappa shape index (κ2) is 11.8. The molecule has 2 fully saturated rings. The monoisotopic (exact) mass is 672 g/mol. The van der Waals surface area contributed by atoms with E-state index in [2.05, 4.69) is 21.8 Å². The standard InChI is InChI=1S/C36H38F2N6O5/c1-7-48-34(46)22-11-10-21-9-8-19(17-44(21)33(22)45)23-15-39-32-28(31(23)43-13-12-20-16-41(5)18-26(20)43)27-29(38)24(37)14-25(30(27)40-32)42(6)35(47)49-36(2,3)4/h8-11,14-15,17,20,26H,7,12-13,16,18H2,1-6H3,(H,39,40)/t20-,26+/m0/s1. The molecule has 4 aromatic heterocycles. The van der Waals surface area contributed by atoms with Crippen molar-refractivity contribution in [2.45, 2.75) is 45.8 Å². The molecule has 0 unspecified atom stereocenters. The van der Waals surface area contributed by atoms with Crippen molar-refractivity contribution in [1.29, 1.82) is 0 Å². The Morgan fingerprint density at radius 1 is 1.12 bits per heavy atom. The molecule has 2 aliphatic rings. The number of anilines is 2. The summed E-state index contributed by atoms with van der Waals surface area (Å²) in [5.41, 5.74) is 1.55. The normalized spacial score (nSPS) is 18.1. The molecule has 5 aromatic rings. The highest BCUT2D eigenvalue weighted by molar-refractivity contribution is 6.19. The lowest BCUT2D eigenvalue weighted by Gasteiger charge is -2.29. The van der Waals surface area contributed by atoms with Gasteiger partial charge in [-0.25, -0.2) is 23.4 Å². The minimum absolute atomic E-state index is 0.0397. The third-order valence-corrected chi connectivity index (χ3v) is 9.45. The number of rotatable bonds is 5. The maximum atomic E-state index is 16.2. The van der Waals surface area contributed by atoms with Crippen LogP contribution >= 0.6 is 0 Å². The number of H-pyrrole nitrogens is 1. The van der Waals surface area contributed by atoms with Crippen molar-refractivity contribution in [3.8, 4) is 11.1 Å². The number of pyridine rings is 3. The van der Waals surface area contributed by atoms with Crippen molar-refractivity contribution in [2.24, 2.45) is 5.92 Å². The number of esters is 1. The molecule has 49 heavy (non-hydrogen) atoms. The summed E-state index contributed by atoms with van der Waals surface area (Å²) in [4.78, 5) is 52.7. The summed E-state index contributed by atoms with van der Waals surface area (Å²) < 4.78 is 43.8. The van der Waals surface area contributed by atoms with Gasteiger partial charge in [-0.05, 0) is 65.3 Å². The highest BCUT2D eigenvalue weighted by Crippen LogP contribution is 2.47. The third-order valence-electron chi connectivity index (χ3n) is 9.45. The van der Waals surface area contributed by atoms with Crippen molar-refractivity contribution in [2.75, 3.05) is 50.1 Å². The van der Waals surface area contributed by atoms with Gasteiger partial charge in [0.05, 0.1) is 34.3 Å². The number of aromatic amines is 1. The minimum Gasteiger partial charge on any atom is -0.462 e. The van der Waals surface area contributed by atoms with E-state index in [4.69, 9.17) is 14.5 Å². The number of halogens is 2. The molecule has 0 spiro atoms. The molecular formula is C36H38F2N6O5. The quantitative estimate of drug-likeness (QED) is 0.228. The van der Waals surface area contributed by atoms with E-state index >= 15 is 8.78 Å². The zero-order valence-corrected chi connectivity index (χ0v) is 28.3. The van der Waals surface area contributed by atoms with E-state index in [0.29, 0.717) is 45.8 Å². The number of ether oxygens (including phenoxy) is 2. The summed E-state index contributed by atoms with van der Waals surface area (Å²) in [6.07, 6.45) is 3.47. The van der Waals surface area contributed by atoms with E-state index in [9.17, 15) is 14.4 Å². The van der Waals surface area contributed by atoms with Crippen LogP contribution in [0.1, 0.15) is 44.5 Å². The van der Waals surface area contributed by atoms with E-state index in [1.807, 2.05) is 6.07 Å². The van der Waals surface area contributed by atoms with Gasteiger partial charge in [0.25, 0.3) is 5.56 Å². The molecule has 11 nitrogen and oxygen atoms in total. The summed E-state index contributed by atoms with van der Waals surface area (Å²) in [6.45, 7) is 9.33. The number of likely N-dealkylation sites (tertiary alicyclic amines) is 1. The number of aromatic nitrogens is 3. The number of fused-ring (bicyclic) bond motifs is 5. The predicted molar refractivity (Wildman–Crippen MR) is 184 cm³/mol. The van der Waals surface area contributed by atoms with Crippen LogP contribution in [0, 0.1) is 17.6 Å². The molecule has 2 aliphatic heterocycles. The summed E-state index contributed by atoms with van der Waals surface area (Å²) in [5, 5.41) is 0.327. The SMILES string of the molecule is CCOC(=O)c1ccc2ccc(-c3cnc4[nH]c5c(N(C)C(=O)OC(C)(C)C)cc(F)c(F)c5c4c3N3CC[C@H]4CN(C)C[C@H]43)cn2c1=O. The highest BCUT2D eigenvalue weighted by atomic mass is 19.2. The predicted octanol–water partition coefficient (Wildman–Crippen LogP) is 5.96. The summed E-state index contributed by atoms with van der Waals surface area (Å²) in [5.74, 6) is -2.55. The molecule has 1 aromatic carbocycles. The first-order valence-electron chi connectivity index (χ1n) is 16.3. The maximum absolute atomic E-state index is 16.2. The Morgan fingerprint density at radius 3 is 2.61 bits per heavy atom. The van der Waals surface area contributed by atoms with Crippen LogP contribution in [-0.2, 0) is 9.47 Å². The number of carbonyl (C=O) groups excluding carboxylic acids is 2. The van der Waals surface area contributed by atoms with Crippen LogP contribution in [0.4, 0.5) is 25.0 Å². The third kappa shape index (κ3) is 5.45. The summed E-state index contributed by atoms with van der Waals surface area (Å²) in [7, 11) is 3.51. The van der Waals surface area contributed by atoms with Gasteiger partial charge in [0, 0.05) is 67.8 Å². The van der Waals surface area contributed by atoms with Gasteiger partial charge in [-0.15, -0.1) is 0 Å². The van der Waals surface area contributed by atoms with Crippen molar-refractivity contribution in [3.63, 3.8) is 0 Å². The number of hydrogen-bond donors (Lipinski definition) is 1. The van der Waals surface area contributed by atoms with E-state index in [1.54, 1.807) is 52.2 Å². The first kappa shape index (κ1) is 32.5. The van der Waals surface area contributed by atoms with Crippen molar-refractivity contribution < 1.29 is 27.8 Å². The number of benzene rings is 1. The van der Waals surface area contributed by atoms with E-state index < -0.39 is 34.9 Å². The molecule has 13 heteroatoms. The summed E-state index contributed by atoms with van der Waals surface area (Å²) >= 11 is 0. The van der Waals surface area contributed by atoms with Gasteiger partial charge >= 0.3 is 12.1 Å². The first-order valence-corrected chi connectivity index (χ1v) is 16.3. The molecule has 2 saturated heterocycles. The van der Waals surface area contributed by atoms with Gasteiger partial charge in [-0.3, -0.25) is 14.1 Å². The van der Waals surface area contributed by atoms with Crippen LogP contribution in [0.15, 0.2) is 47.5 Å². The first-order chi connectivity index (χ1) is 23.3. The Balaban J connectivity index is 1.50. The van der Waals surface area contributed by atoms with Crippen LogP contribution in [0.25, 0.3) is 38.6 Å². The lowest BCUT2D eigenvalue weighted by Crippen LogP contribution is -2.35. The molecule has 6 heterocycles. The molecule has 0 bridgehead atoms. The number of amides is 1. The molecule has 2 atom stereocenters. The Labute approximate surface area is 281 Å². The zero-order chi connectivity index (χ0) is 34.9. The van der Waals surface area contributed by atoms with Crippen molar-refractivity contribution in [1.82, 2.24) is 19.3 Å². The van der Waals surface area contributed by atoms with E-state index in [0.717, 1.165) is 30.5 Å². The second-order valence-electron chi connectivity index (χ2n) is 13.9. The van der Waals surface area contributed by atoms with Crippen LogP contribution in [0.3, 0.4) is 0 Å². The number of nitrogens with one attached hydrogen (secondary N) is 1. The molecule has 0 aliphatic carbocycles. The highest BCUT2D eigenvalue weighted by Gasteiger charge is 2.42. The zero-order valence-electron chi connectivity index (χ0n) is 28.3. The molecule has 256 valence electrons. The van der Waals surface area contributed by atoms with E-state index in [1.165, 1.54) is 17.5 Å². The number of carbonyl (C=O) groups is 2. The fraction of sp³-hybridized carbons (Fsp3) is 0.389. The lowest BCUT2D eigenvalue weighted by atomic mass is 10.00. The van der Waals surface area contributed by atoms with Gasteiger partial charge in [0.15, 0.2) is 11.6 Å². The average Bonchev–Trinajstić information content (AvgIpc) is 3.73. The van der Waals surface area contributed by atoms with Crippen LogP contribution in [0.2, 0.25) is 0 Å². The molecule has 7 rings (SSSR count). The Hall–Kier alpha value is -5.04. The van der Waals surface area contributed by atoms with Gasteiger partial charge in [-0.2, -0.15) is 0 Å².